The molecule has 1 amide bonds. The molecule has 2 aromatic rings. The maximum atomic E-state index is 12.2. The Kier molecular flexibility index (Phi) is 8.47. The van der Waals surface area contributed by atoms with Crippen LogP contribution in [0.3, 0.4) is 0 Å². The van der Waals surface area contributed by atoms with Crippen molar-refractivity contribution in [1.29, 1.82) is 0 Å². The number of nitrogens with one attached hydrogen (secondary N) is 2. The topological polar surface area (TPSA) is 87.7 Å². The number of ether oxygens (including phenoxy) is 1. The molecule has 2 rings (SSSR count). The molecular formula is C26H34N2O4. The summed E-state index contributed by atoms with van der Waals surface area (Å²) < 4.78 is 5.61. The normalized spacial score (nSPS) is 12.2. The number of carbonyl (C=O) groups is 2. The Bertz CT molecular complexity index is 927. The fraction of sp³-hybridized carbons (Fsp3) is 0.385. The number of aliphatic carboxylic acids is 1. The van der Waals surface area contributed by atoms with Crippen LogP contribution in [0, 0.1) is 5.41 Å². The zero-order chi connectivity index (χ0) is 23.8. The van der Waals surface area contributed by atoms with E-state index in [9.17, 15) is 9.59 Å². The van der Waals surface area contributed by atoms with Crippen molar-refractivity contribution in [1.82, 2.24) is 10.9 Å². The number of hydrogen-bond donors (Lipinski definition) is 3. The molecule has 0 atom stereocenters. The van der Waals surface area contributed by atoms with E-state index in [-0.39, 0.29) is 29.8 Å². The molecule has 0 unspecified atom stereocenters. The Labute approximate surface area is 190 Å². The molecule has 6 heteroatoms. The van der Waals surface area contributed by atoms with E-state index in [1.165, 1.54) is 11.6 Å². The van der Waals surface area contributed by atoms with Gasteiger partial charge in [-0.25, -0.2) is 0 Å². The van der Waals surface area contributed by atoms with E-state index in [4.69, 9.17) is 9.84 Å². The number of carboxylic acid groups (broad SMARTS) is 1. The number of carboxylic acids is 1. The first-order valence-corrected chi connectivity index (χ1v) is 10.7. The number of hydrazine groups is 1. The van der Waals surface area contributed by atoms with Crippen molar-refractivity contribution in [2.45, 2.75) is 52.9 Å². The van der Waals surface area contributed by atoms with E-state index in [1.807, 2.05) is 54.6 Å². The lowest BCUT2D eigenvalue weighted by atomic mass is 9.72. The summed E-state index contributed by atoms with van der Waals surface area (Å²) in [5.74, 6) is -0.719. The minimum absolute atomic E-state index is 0.0359. The summed E-state index contributed by atoms with van der Waals surface area (Å²) in [6.07, 6.45) is 2.39. The van der Waals surface area contributed by atoms with Crippen LogP contribution in [0.1, 0.15) is 58.6 Å². The van der Waals surface area contributed by atoms with Crippen molar-refractivity contribution in [2.24, 2.45) is 5.41 Å². The van der Waals surface area contributed by atoms with Crippen LogP contribution in [0.4, 0.5) is 0 Å². The van der Waals surface area contributed by atoms with E-state index in [2.05, 4.69) is 45.5 Å². The fourth-order valence-corrected chi connectivity index (χ4v) is 3.80. The second kappa shape index (κ2) is 10.8. The van der Waals surface area contributed by atoms with Crippen molar-refractivity contribution < 1.29 is 19.4 Å². The zero-order valence-electron chi connectivity index (χ0n) is 19.6. The SMILES string of the molecule is CC(C)(C)CC(C)(C)c1ccc(OCC(=O)NNC(=CCC(=O)O)c2ccccc2)cc1. The highest BCUT2D eigenvalue weighted by molar-refractivity contribution is 5.79. The molecule has 0 fully saturated rings. The van der Waals surface area contributed by atoms with Gasteiger partial charge in [-0.1, -0.05) is 77.1 Å². The molecule has 0 aromatic heterocycles. The lowest BCUT2D eigenvalue weighted by Gasteiger charge is -2.33. The Morgan fingerprint density at radius 2 is 1.56 bits per heavy atom. The Hall–Kier alpha value is -3.28. The minimum Gasteiger partial charge on any atom is -0.484 e. The smallest absolute Gasteiger partial charge is 0.307 e. The predicted octanol–water partition coefficient (Wildman–Crippen LogP) is 4.92. The zero-order valence-corrected chi connectivity index (χ0v) is 19.6. The average molecular weight is 439 g/mol. The van der Waals surface area contributed by atoms with Gasteiger partial charge < -0.3 is 9.84 Å². The van der Waals surface area contributed by atoms with Gasteiger partial charge in [0.15, 0.2) is 6.61 Å². The van der Waals surface area contributed by atoms with Gasteiger partial charge in [-0.3, -0.25) is 20.4 Å². The van der Waals surface area contributed by atoms with Gasteiger partial charge in [0.05, 0.1) is 12.1 Å². The van der Waals surface area contributed by atoms with Crippen molar-refractivity contribution in [3.8, 4) is 5.75 Å². The lowest BCUT2D eigenvalue weighted by molar-refractivity contribution is -0.136. The number of rotatable bonds is 10. The summed E-state index contributed by atoms with van der Waals surface area (Å²) in [6.45, 7) is 11.0. The van der Waals surface area contributed by atoms with Crippen LogP contribution in [0.2, 0.25) is 0 Å². The molecular weight excluding hydrogens is 404 g/mol. The standard InChI is InChI=1S/C26H34N2O4/c1-25(2,3)18-26(4,5)20-11-13-21(14-12-20)32-17-23(29)28-27-22(15-16-24(30)31)19-9-7-6-8-10-19/h6-15,27H,16-18H2,1-5H3,(H,28,29)(H,30,31). The molecule has 172 valence electrons. The molecule has 6 nitrogen and oxygen atoms in total. The van der Waals surface area contributed by atoms with Gasteiger partial charge in [-0.15, -0.1) is 0 Å². The molecule has 0 aliphatic carbocycles. The molecule has 0 bridgehead atoms. The van der Waals surface area contributed by atoms with Gasteiger partial charge in [0.1, 0.15) is 5.75 Å². The third-order valence-electron chi connectivity index (χ3n) is 4.88. The second-order valence-corrected chi connectivity index (χ2v) is 9.69. The maximum absolute atomic E-state index is 12.2. The van der Waals surface area contributed by atoms with E-state index in [0.29, 0.717) is 11.4 Å². The lowest BCUT2D eigenvalue weighted by Crippen LogP contribution is -2.39. The van der Waals surface area contributed by atoms with Crippen LogP contribution in [-0.4, -0.2) is 23.6 Å². The summed E-state index contributed by atoms with van der Waals surface area (Å²) in [7, 11) is 0. The molecule has 0 saturated heterocycles. The molecule has 0 saturated carbocycles. The largest absolute Gasteiger partial charge is 0.484 e. The number of carbonyl (C=O) groups excluding carboxylic acids is 1. The maximum Gasteiger partial charge on any atom is 0.307 e. The summed E-state index contributed by atoms with van der Waals surface area (Å²) in [6, 6.07) is 17.0. The van der Waals surface area contributed by atoms with Crippen molar-refractivity contribution >= 4 is 17.6 Å². The summed E-state index contributed by atoms with van der Waals surface area (Å²) in [5.41, 5.74) is 8.11. The van der Waals surface area contributed by atoms with E-state index >= 15 is 0 Å². The van der Waals surface area contributed by atoms with Gasteiger partial charge in [0, 0.05) is 0 Å². The molecule has 0 aliphatic heterocycles. The first-order valence-electron chi connectivity index (χ1n) is 10.7. The third-order valence-corrected chi connectivity index (χ3v) is 4.88. The third kappa shape index (κ3) is 8.46. The molecule has 0 radical (unpaired) electrons. The number of hydrogen-bond acceptors (Lipinski definition) is 4. The highest BCUT2D eigenvalue weighted by atomic mass is 16.5. The summed E-state index contributed by atoms with van der Waals surface area (Å²) in [5, 5.41) is 8.94. The molecule has 0 spiro atoms. The van der Waals surface area contributed by atoms with Crippen molar-refractivity contribution in [2.75, 3.05) is 6.61 Å². The molecule has 3 N–H and O–H groups in total. The van der Waals surface area contributed by atoms with Crippen LogP contribution < -0.4 is 15.6 Å². The second-order valence-electron chi connectivity index (χ2n) is 9.69. The predicted molar refractivity (Wildman–Crippen MR) is 127 cm³/mol. The van der Waals surface area contributed by atoms with Gasteiger partial charge in [0.25, 0.3) is 5.91 Å². The van der Waals surface area contributed by atoms with E-state index in [1.54, 1.807) is 0 Å². The van der Waals surface area contributed by atoms with Gasteiger partial charge >= 0.3 is 5.97 Å². The minimum atomic E-state index is -0.955. The summed E-state index contributed by atoms with van der Waals surface area (Å²) >= 11 is 0. The molecule has 32 heavy (non-hydrogen) atoms. The highest BCUT2D eigenvalue weighted by Crippen LogP contribution is 2.36. The monoisotopic (exact) mass is 438 g/mol. The number of benzene rings is 2. The molecule has 0 aliphatic rings. The number of amides is 1. The van der Waals surface area contributed by atoms with Gasteiger partial charge in [-0.05, 0) is 46.6 Å². The van der Waals surface area contributed by atoms with Gasteiger partial charge in [0.2, 0.25) is 0 Å². The van der Waals surface area contributed by atoms with Crippen LogP contribution in [0.5, 0.6) is 5.75 Å². The molecule has 0 heterocycles. The first-order chi connectivity index (χ1) is 15.0. The quantitative estimate of drug-likeness (QED) is 0.459. The van der Waals surface area contributed by atoms with E-state index in [0.717, 1.165) is 12.0 Å². The molecule has 2 aromatic carbocycles. The van der Waals surface area contributed by atoms with Crippen LogP contribution in [-0.2, 0) is 15.0 Å². The van der Waals surface area contributed by atoms with Crippen LogP contribution in [0.15, 0.2) is 60.7 Å². The highest BCUT2D eigenvalue weighted by Gasteiger charge is 2.27. The van der Waals surface area contributed by atoms with Crippen molar-refractivity contribution in [3.05, 3.63) is 71.8 Å². The van der Waals surface area contributed by atoms with Crippen LogP contribution in [0.25, 0.3) is 5.70 Å². The van der Waals surface area contributed by atoms with E-state index < -0.39 is 5.97 Å². The first kappa shape index (κ1) is 25.0. The Morgan fingerprint density at radius 3 is 2.12 bits per heavy atom. The Balaban J connectivity index is 1.92. The van der Waals surface area contributed by atoms with Crippen LogP contribution >= 0.6 is 0 Å². The van der Waals surface area contributed by atoms with Gasteiger partial charge in [-0.2, -0.15) is 0 Å². The van der Waals surface area contributed by atoms with Crippen molar-refractivity contribution in [3.63, 3.8) is 0 Å². The average Bonchev–Trinajstić information content (AvgIpc) is 2.71. The Morgan fingerprint density at radius 1 is 0.938 bits per heavy atom. The summed E-state index contributed by atoms with van der Waals surface area (Å²) in [4.78, 5) is 23.1. The fourth-order valence-electron chi connectivity index (χ4n) is 3.80.